The van der Waals surface area contributed by atoms with Gasteiger partial charge >= 0.3 is 0 Å². The average Bonchev–Trinajstić information content (AvgIpc) is 2.73. The molecule has 17 heavy (non-hydrogen) atoms. The van der Waals surface area contributed by atoms with Gasteiger partial charge in [-0.25, -0.2) is 0 Å². The normalized spacial score (nSPS) is 30.9. The topological polar surface area (TPSA) is 50.4 Å². The van der Waals surface area contributed by atoms with Crippen LogP contribution in [0.15, 0.2) is 0 Å². The lowest BCUT2D eigenvalue weighted by molar-refractivity contribution is -0.133. The van der Waals surface area contributed by atoms with Gasteiger partial charge in [-0.05, 0) is 31.2 Å². The molecule has 2 aliphatic rings. The molecule has 2 rings (SSSR count). The molecule has 1 saturated carbocycles. The maximum Gasteiger partial charge on any atom is 0.229 e. The van der Waals surface area contributed by atoms with E-state index in [0.717, 1.165) is 26.1 Å². The first-order valence-electron chi connectivity index (χ1n) is 6.58. The Balaban J connectivity index is 1.88. The summed E-state index contributed by atoms with van der Waals surface area (Å²) in [5, 5.41) is 6.40. The van der Waals surface area contributed by atoms with E-state index < -0.39 is 0 Å². The van der Waals surface area contributed by atoms with Crippen molar-refractivity contribution in [2.24, 2.45) is 10.8 Å². The molecule has 98 valence electrons. The summed E-state index contributed by atoms with van der Waals surface area (Å²) < 4.78 is 5.22. The Bertz CT molecular complexity index is 281. The summed E-state index contributed by atoms with van der Waals surface area (Å²) >= 11 is 0. The SMILES string of the molecule is COCC1(C(=O)NCC2(C)CCC2)CCNC1. The number of hydrogen-bond acceptors (Lipinski definition) is 3. The van der Waals surface area contributed by atoms with Gasteiger partial charge in [-0.2, -0.15) is 0 Å². The highest BCUT2D eigenvalue weighted by atomic mass is 16.5. The monoisotopic (exact) mass is 240 g/mol. The Morgan fingerprint density at radius 3 is 2.65 bits per heavy atom. The molecule has 0 aromatic rings. The summed E-state index contributed by atoms with van der Waals surface area (Å²) in [5.74, 6) is 0.164. The molecule has 0 bridgehead atoms. The molecular weight excluding hydrogens is 216 g/mol. The molecule has 0 spiro atoms. The number of carbonyl (C=O) groups excluding carboxylic acids is 1. The highest BCUT2D eigenvalue weighted by Gasteiger charge is 2.42. The van der Waals surface area contributed by atoms with Crippen molar-refractivity contribution in [1.82, 2.24) is 10.6 Å². The Kier molecular flexibility index (Phi) is 3.73. The van der Waals surface area contributed by atoms with Crippen molar-refractivity contribution >= 4 is 5.91 Å². The Morgan fingerprint density at radius 1 is 1.41 bits per heavy atom. The molecule has 0 radical (unpaired) electrons. The minimum Gasteiger partial charge on any atom is -0.384 e. The van der Waals surface area contributed by atoms with Crippen LogP contribution in [0.25, 0.3) is 0 Å². The molecular formula is C13H24N2O2. The van der Waals surface area contributed by atoms with E-state index >= 15 is 0 Å². The number of amides is 1. The van der Waals surface area contributed by atoms with Crippen LogP contribution in [0.3, 0.4) is 0 Å². The largest absolute Gasteiger partial charge is 0.384 e. The van der Waals surface area contributed by atoms with Crippen LogP contribution in [0.5, 0.6) is 0 Å². The molecule has 1 aliphatic heterocycles. The number of nitrogens with one attached hydrogen (secondary N) is 2. The standard InChI is InChI=1S/C13H24N2O2/c1-12(4-3-5-12)8-15-11(16)13(10-17-2)6-7-14-9-13/h14H,3-10H2,1-2H3,(H,15,16). The van der Waals surface area contributed by atoms with Gasteiger partial charge in [0.05, 0.1) is 12.0 Å². The second-order valence-corrected chi connectivity index (χ2v) is 5.99. The molecule has 1 heterocycles. The summed E-state index contributed by atoms with van der Waals surface area (Å²) in [6.45, 7) is 5.24. The van der Waals surface area contributed by atoms with Crippen molar-refractivity contribution in [2.75, 3.05) is 33.4 Å². The molecule has 4 heteroatoms. The fourth-order valence-corrected chi connectivity index (χ4v) is 2.84. The molecule has 2 N–H and O–H groups in total. The summed E-state index contributed by atoms with van der Waals surface area (Å²) in [4.78, 5) is 12.3. The second kappa shape index (κ2) is 4.94. The van der Waals surface area contributed by atoms with Gasteiger partial charge in [-0.15, -0.1) is 0 Å². The molecule has 1 aliphatic carbocycles. The van der Waals surface area contributed by atoms with Gasteiger partial charge in [0.2, 0.25) is 5.91 Å². The third kappa shape index (κ3) is 2.63. The van der Waals surface area contributed by atoms with Crippen LogP contribution in [0, 0.1) is 10.8 Å². The number of carbonyl (C=O) groups is 1. The van der Waals surface area contributed by atoms with Crippen molar-refractivity contribution in [1.29, 1.82) is 0 Å². The highest BCUT2D eigenvalue weighted by Crippen LogP contribution is 2.39. The number of rotatable bonds is 5. The molecule has 0 aromatic heterocycles. The van der Waals surface area contributed by atoms with Gasteiger partial charge in [0.25, 0.3) is 0 Å². The second-order valence-electron chi connectivity index (χ2n) is 5.99. The van der Waals surface area contributed by atoms with Gasteiger partial charge in [-0.1, -0.05) is 13.3 Å². The van der Waals surface area contributed by atoms with Crippen LogP contribution in [0.4, 0.5) is 0 Å². The van der Waals surface area contributed by atoms with Gasteiger partial charge in [0.1, 0.15) is 0 Å². The summed E-state index contributed by atoms with van der Waals surface area (Å²) in [6, 6.07) is 0. The molecule has 1 atom stereocenters. The van der Waals surface area contributed by atoms with Crippen LogP contribution in [0.1, 0.15) is 32.6 Å². The lowest BCUT2D eigenvalue weighted by Crippen LogP contribution is -2.49. The first-order chi connectivity index (χ1) is 8.10. The van der Waals surface area contributed by atoms with Crippen molar-refractivity contribution in [3.8, 4) is 0 Å². The van der Waals surface area contributed by atoms with E-state index in [1.54, 1.807) is 7.11 Å². The lowest BCUT2D eigenvalue weighted by Gasteiger charge is -2.39. The summed E-state index contributed by atoms with van der Waals surface area (Å²) in [6.07, 6.45) is 4.66. The number of ether oxygens (including phenoxy) is 1. The summed E-state index contributed by atoms with van der Waals surface area (Å²) in [7, 11) is 1.67. The zero-order valence-corrected chi connectivity index (χ0v) is 11.0. The predicted molar refractivity (Wildman–Crippen MR) is 66.8 cm³/mol. The number of hydrogen-bond donors (Lipinski definition) is 2. The van der Waals surface area contributed by atoms with E-state index in [1.165, 1.54) is 19.3 Å². The van der Waals surface area contributed by atoms with E-state index in [-0.39, 0.29) is 11.3 Å². The molecule has 1 amide bonds. The summed E-state index contributed by atoms with van der Waals surface area (Å²) in [5.41, 5.74) is 0.00477. The van der Waals surface area contributed by atoms with Crippen LogP contribution in [-0.2, 0) is 9.53 Å². The van der Waals surface area contributed by atoms with Gasteiger partial charge in [0, 0.05) is 20.2 Å². The molecule has 4 nitrogen and oxygen atoms in total. The van der Waals surface area contributed by atoms with Crippen molar-refractivity contribution in [2.45, 2.75) is 32.6 Å². The Morgan fingerprint density at radius 2 is 2.18 bits per heavy atom. The lowest BCUT2D eigenvalue weighted by atomic mass is 9.70. The van der Waals surface area contributed by atoms with E-state index in [0.29, 0.717) is 12.0 Å². The zero-order chi connectivity index (χ0) is 12.4. The molecule has 2 fully saturated rings. The minimum atomic E-state index is -0.338. The third-order valence-corrected chi connectivity index (χ3v) is 4.38. The first kappa shape index (κ1) is 12.8. The van der Waals surface area contributed by atoms with Gasteiger partial charge in [0.15, 0.2) is 0 Å². The fraction of sp³-hybridized carbons (Fsp3) is 0.923. The molecule has 0 aromatic carbocycles. The maximum atomic E-state index is 12.3. The van der Waals surface area contributed by atoms with Crippen molar-refractivity contribution < 1.29 is 9.53 Å². The average molecular weight is 240 g/mol. The minimum absolute atomic E-state index is 0.164. The van der Waals surface area contributed by atoms with Crippen LogP contribution in [0.2, 0.25) is 0 Å². The molecule has 1 unspecified atom stereocenters. The van der Waals surface area contributed by atoms with Gasteiger partial charge < -0.3 is 15.4 Å². The van der Waals surface area contributed by atoms with Crippen molar-refractivity contribution in [3.05, 3.63) is 0 Å². The zero-order valence-electron chi connectivity index (χ0n) is 11.0. The van der Waals surface area contributed by atoms with E-state index in [1.807, 2.05) is 0 Å². The van der Waals surface area contributed by atoms with Crippen LogP contribution in [-0.4, -0.2) is 39.3 Å². The van der Waals surface area contributed by atoms with E-state index in [9.17, 15) is 4.79 Å². The number of methoxy groups -OCH3 is 1. The smallest absolute Gasteiger partial charge is 0.229 e. The molecule has 1 saturated heterocycles. The highest BCUT2D eigenvalue weighted by molar-refractivity contribution is 5.83. The van der Waals surface area contributed by atoms with Crippen molar-refractivity contribution in [3.63, 3.8) is 0 Å². The van der Waals surface area contributed by atoms with Crippen LogP contribution < -0.4 is 10.6 Å². The third-order valence-electron chi connectivity index (χ3n) is 4.38. The van der Waals surface area contributed by atoms with Gasteiger partial charge in [-0.3, -0.25) is 4.79 Å². The van der Waals surface area contributed by atoms with Crippen LogP contribution >= 0.6 is 0 Å². The quantitative estimate of drug-likeness (QED) is 0.751. The maximum absolute atomic E-state index is 12.3. The Labute approximate surface area is 103 Å². The first-order valence-corrected chi connectivity index (χ1v) is 6.58. The predicted octanol–water partition coefficient (Wildman–Crippen LogP) is 0.919. The Hall–Kier alpha value is -0.610. The van der Waals surface area contributed by atoms with E-state index in [4.69, 9.17) is 4.74 Å². The van der Waals surface area contributed by atoms with E-state index in [2.05, 4.69) is 17.6 Å². The fourth-order valence-electron chi connectivity index (χ4n) is 2.84.